The van der Waals surface area contributed by atoms with E-state index in [2.05, 4.69) is 9.97 Å². The molecular formula is C16H13ClFN3O. The summed E-state index contributed by atoms with van der Waals surface area (Å²) in [6.07, 6.45) is 1.57. The molecule has 3 rings (SSSR count). The van der Waals surface area contributed by atoms with E-state index in [-0.39, 0.29) is 12.5 Å². The molecule has 0 spiro atoms. The third-order valence-electron chi connectivity index (χ3n) is 3.47. The van der Waals surface area contributed by atoms with Crippen LogP contribution in [0.4, 0.5) is 4.39 Å². The average Bonchev–Trinajstić information content (AvgIpc) is 2.97. The van der Waals surface area contributed by atoms with Crippen molar-refractivity contribution in [1.29, 1.82) is 0 Å². The van der Waals surface area contributed by atoms with Crippen molar-refractivity contribution >= 4 is 28.5 Å². The van der Waals surface area contributed by atoms with Gasteiger partial charge in [0.2, 0.25) is 0 Å². The van der Waals surface area contributed by atoms with Crippen LogP contribution < -0.4 is 0 Å². The number of hydrogen-bond donors (Lipinski definition) is 1. The lowest BCUT2D eigenvalue weighted by Gasteiger charge is -2.18. The third kappa shape index (κ3) is 2.67. The van der Waals surface area contributed by atoms with E-state index in [4.69, 9.17) is 11.6 Å². The van der Waals surface area contributed by atoms with Crippen LogP contribution in [0.15, 0.2) is 42.7 Å². The van der Waals surface area contributed by atoms with E-state index in [0.29, 0.717) is 16.1 Å². The van der Waals surface area contributed by atoms with Gasteiger partial charge in [0.05, 0.1) is 17.4 Å². The van der Waals surface area contributed by atoms with E-state index in [1.54, 1.807) is 37.6 Å². The van der Waals surface area contributed by atoms with Crippen LogP contribution in [0, 0.1) is 5.82 Å². The van der Waals surface area contributed by atoms with Gasteiger partial charge in [-0.25, -0.2) is 9.37 Å². The SMILES string of the molecule is CN(Cc1c(F)cccc1Cl)C(=O)c1ccc2nc[nH]c2c1. The molecule has 1 N–H and O–H groups in total. The summed E-state index contributed by atoms with van der Waals surface area (Å²) in [5, 5.41) is 0.309. The van der Waals surface area contributed by atoms with Crippen LogP contribution >= 0.6 is 11.6 Å². The fraction of sp³-hybridized carbons (Fsp3) is 0.125. The monoisotopic (exact) mass is 317 g/mol. The molecule has 0 unspecified atom stereocenters. The molecule has 0 atom stereocenters. The van der Waals surface area contributed by atoms with Crippen molar-refractivity contribution in [2.24, 2.45) is 0 Å². The third-order valence-corrected chi connectivity index (χ3v) is 3.82. The molecule has 0 saturated heterocycles. The first kappa shape index (κ1) is 14.5. The highest BCUT2D eigenvalue weighted by molar-refractivity contribution is 6.31. The fourth-order valence-corrected chi connectivity index (χ4v) is 2.50. The number of aromatic amines is 1. The van der Waals surface area contributed by atoms with Gasteiger partial charge in [0.1, 0.15) is 5.82 Å². The lowest BCUT2D eigenvalue weighted by molar-refractivity contribution is 0.0784. The van der Waals surface area contributed by atoms with Gasteiger partial charge in [-0.2, -0.15) is 0 Å². The number of halogens is 2. The number of fused-ring (bicyclic) bond motifs is 1. The van der Waals surface area contributed by atoms with Gasteiger partial charge < -0.3 is 9.88 Å². The second-order valence-electron chi connectivity index (χ2n) is 5.00. The average molecular weight is 318 g/mol. The smallest absolute Gasteiger partial charge is 0.253 e. The normalized spacial score (nSPS) is 10.9. The second-order valence-corrected chi connectivity index (χ2v) is 5.40. The number of amides is 1. The van der Waals surface area contributed by atoms with Crippen LogP contribution in [-0.4, -0.2) is 27.8 Å². The number of imidazole rings is 1. The van der Waals surface area contributed by atoms with Gasteiger partial charge in [0.25, 0.3) is 5.91 Å². The molecule has 0 aliphatic carbocycles. The first-order chi connectivity index (χ1) is 10.6. The molecule has 2 aromatic carbocycles. The van der Waals surface area contributed by atoms with Crippen LogP contribution in [0.2, 0.25) is 5.02 Å². The number of benzene rings is 2. The minimum atomic E-state index is -0.420. The molecule has 22 heavy (non-hydrogen) atoms. The lowest BCUT2D eigenvalue weighted by atomic mass is 10.1. The largest absolute Gasteiger partial charge is 0.345 e. The molecular weight excluding hydrogens is 305 g/mol. The van der Waals surface area contributed by atoms with Gasteiger partial charge in [-0.1, -0.05) is 17.7 Å². The van der Waals surface area contributed by atoms with Gasteiger partial charge in [0.15, 0.2) is 0 Å². The number of carbonyl (C=O) groups is 1. The zero-order valence-corrected chi connectivity index (χ0v) is 12.6. The Labute approximate surface area is 131 Å². The van der Waals surface area contributed by atoms with Crippen LogP contribution in [-0.2, 0) is 6.54 Å². The van der Waals surface area contributed by atoms with Crippen LogP contribution in [0.25, 0.3) is 11.0 Å². The molecule has 0 saturated carbocycles. The maximum Gasteiger partial charge on any atom is 0.253 e. The van der Waals surface area contributed by atoms with Crippen molar-refractivity contribution in [3.63, 3.8) is 0 Å². The first-order valence-corrected chi connectivity index (χ1v) is 7.05. The second kappa shape index (κ2) is 5.77. The fourth-order valence-electron chi connectivity index (χ4n) is 2.28. The molecule has 4 nitrogen and oxygen atoms in total. The molecule has 112 valence electrons. The maximum absolute atomic E-state index is 13.8. The Kier molecular flexibility index (Phi) is 3.81. The summed E-state index contributed by atoms with van der Waals surface area (Å²) in [5.74, 6) is -0.632. The molecule has 1 amide bonds. The van der Waals surface area contributed by atoms with Crippen molar-refractivity contribution < 1.29 is 9.18 Å². The van der Waals surface area contributed by atoms with Gasteiger partial charge in [-0.3, -0.25) is 4.79 Å². The molecule has 6 heteroatoms. The number of aromatic nitrogens is 2. The van der Waals surface area contributed by atoms with Gasteiger partial charge in [-0.05, 0) is 30.3 Å². The molecule has 1 aromatic heterocycles. The molecule has 1 heterocycles. The van der Waals surface area contributed by atoms with Gasteiger partial charge >= 0.3 is 0 Å². The minimum absolute atomic E-state index is 0.103. The molecule has 0 fully saturated rings. The van der Waals surface area contributed by atoms with Crippen LogP contribution in [0.5, 0.6) is 0 Å². The van der Waals surface area contributed by atoms with Crippen molar-refractivity contribution in [2.75, 3.05) is 7.05 Å². The van der Waals surface area contributed by atoms with Crippen molar-refractivity contribution in [1.82, 2.24) is 14.9 Å². The predicted octanol–water partition coefficient (Wildman–Crippen LogP) is 3.63. The van der Waals surface area contributed by atoms with Crippen molar-refractivity contribution in [2.45, 2.75) is 6.54 Å². The minimum Gasteiger partial charge on any atom is -0.345 e. The summed E-state index contributed by atoms with van der Waals surface area (Å²) in [7, 11) is 1.61. The van der Waals surface area contributed by atoms with Crippen molar-refractivity contribution in [3.05, 3.63) is 64.7 Å². The van der Waals surface area contributed by atoms with E-state index in [9.17, 15) is 9.18 Å². The number of nitrogens with one attached hydrogen (secondary N) is 1. The molecule has 0 aliphatic rings. The topological polar surface area (TPSA) is 49.0 Å². The Morgan fingerprint density at radius 3 is 2.95 bits per heavy atom. The molecule has 0 bridgehead atoms. The molecule has 0 radical (unpaired) electrons. The Morgan fingerprint density at radius 1 is 1.36 bits per heavy atom. The summed E-state index contributed by atoms with van der Waals surface area (Å²) in [4.78, 5) is 21.0. The van der Waals surface area contributed by atoms with E-state index in [1.807, 2.05) is 0 Å². The highest BCUT2D eigenvalue weighted by Crippen LogP contribution is 2.21. The summed E-state index contributed by atoms with van der Waals surface area (Å²) in [6.45, 7) is 0.103. The zero-order valence-electron chi connectivity index (χ0n) is 11.8. The van der Waals surface area contributed by atoms with E-state index in [0.717, 1.165) is 11.0 Å². The van der Waals surface area contributed by atoms with E-state index >= 15 is 0 Å². The Balaban J connectivity index is 1.85. The van der Waals surface area contributed by atoms with Crippen LogP contribution in [0.3, 0.4) is 0 Å². The highest BCUT2D eigenvalue weighted by atomic mass is 35.5. The highest BCUT2D eigenvalue weighted by Gasteiger charge is 2.16. The standard InChI is InChI=1S/C16H13ClFN3O/c1-21(8-11-12(17)3-2-4-13(11)18)16(22)10-5-6-14-15(7-10)20-9-19-14/h2-7,9H,8H2,1H3,(H,19,20). The number of H-pyrrole nitrogens is 1. The summed E-state index contributed by atoms with van der Waals surface area (Å²) >= 11 is 6.00. The Hall–Kier alpha value is -2.40. The van der Waals surface area contributed by atoms with Gasteiger partial charge in [-0.15, -0.1) is 0 Å². The summed E-state index contributed by atoms with van der Waals surface area (Å²) in [6, 6.07) is 9.67. The molecule has 0 aliphatic heterocycles. The first-order valence-electron chi connectivity index (χ1n) is 6.68. The van der Waals surface area contributed by atoms with E-state index in [1.165, 1.54) is 17.0 Å². The zero-order chi connectivity index (χ0) is 15.7. The number of carbonyl (C=O) groups excluding carboxylic acids is 1. The Morgan fingerprint density at radius 2 is 2.18 bits per heavy atom. The maximum atomic E-state index is 13.8. The number of rotatable bonds is 3. The van der Waals surface area contributed by atoms with Crippen LogP contribution in [0.1, 0.15) is 15.9 Å². The van der Waals surface area contributed by atoms with E-state index < -0.39 is 5.82 Å². The summed E-state index contributed by atoms with van der Waals surface area (Å²) < 4.78 is 13.8. The Bertz CT molecular complexity index is 826. The quantitative estimate of drug-likeness (QED) is 0.802. The molecule has 3 aromatic rings. The summed E-state index contributed by atoms with van der Waals surface area (Å²) in [5.41, 5.74) is 2.38. The number of hydrogen-bond acceptors (Lipinski definition) is 2. The number of nitrogens with zero attached hydrogens (tertiary/aromatic N) is 2. The lowest BCUT2D eigenvalue weighted by Crippen LogP contribution is -2.26. The van der Waals surface area contributed by atoms with Crippen molar-refractivity contribution in [3.8, 4) is 0 Å². The predicted molar refractivity (Wildman–Crippen MR) is 83.3 cm³/mol. The van der Waals surface area contributed by atoms with Gasteiger partial charge in [0, 0.05) is 29.7 Å².